The van der Waals surface area contributed by atoms with Crippen LogP contribution in [-0.2, 0) is 11.3 Å². The predicted octanol–water partition coefficient (Wildman–Crippen LogP) is 2.37. The molecule has 0 amide bonds. The number of fused-ring (bicyclic) bond motifs is 1. The highest BCUT2D eigenvalue weighted by Gasteiger charge is 2.32. The van der Waals surface area contributed by atoms with E-state index in [-0.39, 0.29) is 11.6 Å². The molecule has 7 heteroatoms. The molecule has 25 heavy (non-hydrogen) atoms. The smallest absolute Gasteiger partial charge is 0.297 e. The summed E-state index contributed by atoms with van der Waals surface area (Å²) in [6.45, 7) is 1.76. The van der Waals surface area contributed by atoms with Crippen molar-refractivity contribution >= 4 is 16.9 Å². The molecule has 1 unspecified atom stereocenters. The third kappa shape index (κ3) is 2.80. The van der Waals surface area contributed by atoms with E-state index in [2.05, 4.69) is 9.88 Å². The lowest BCUT2D eigenvalue weighted by atomic mass is 10.1. The van der Waals surface area contributed by atoms with Crippen molar-refractivity contribution in [3.8, 4) is 0 Å². The second-order valence-electron chi connectivity index (χ2n) is 6.10. The molecule has 1 aliphatic heterocycles. The molecule has 4 rings (SSSR count). The van der Waals surface area contributed by atoms with Crippen LogP contribution in [0.3, 0.4) is 0 Å². The first-order valence-electron chi connectivity index (χ1n) is 8.44. The molecule has 3 aromatic rings. The standard InChI is InChI=1S/C18H20N4O3/c1-24-12-10-22-16(20-14-6-3-2-5-13(14)17(22)23)15-7-4-9-21(15)18-19-8-11-25-18/h2-3,5-6,8,11,15H,4,7,9-10,12H2,1H3. The Labute approximate surface area is 144 Å². The molecule has 0 saturated carbocycles. The fourth-order valence-electron chi connectivity index (χ4n) is 3.46. The van der Waals surface area contributed by atoms with Crippen LogP contribution >= 0.6 is 0 Å². The minimum atomic E-state index is -0.0344. The molecule has 0 bridgehead atoms. The van der Waals surface area contributed by atoms with Crippen LogP contribution in [0.1, 0.15) is 24.7 Å². The molecule has 1 aromatic carbocycles. The Morgan fingerprint density at radius 3 is 3.04 bits per heavy atom. The van der Waals surface area contributed by atoms with E-state index in [0.29, 0.717) is 24.6 Å². The number of rotatable bonds is 5. The monoisotopic (exact) mass is 340 g/mol. The maximum atomic E-state index is 13.0. The molecule has 1 aliphatic rings. The van der Waals surface area contributed by atoms with Crippen molar-refractivity contribution in [2.75, 3.05) is 25.2 Å². The Balaban J connectivity index is 1.86. The maximum Gasteiger partial charge on any atom is 0.297 e. The molecule has 0 radical (unpaired) electrons. The van der Waals surface area contributed by atoms with Crippen molar-refractivity contribution in [1.82, 2.24) is 14.5 Å². The molecule has 1 fully saturated rings. The van der Waals surface area contributed by atoms with Gasteiger partial charge in [-0.1, -0.05) is 12.1 Å². The summed E-state index contributed by atoms with van der Waals surface area (Å²) in [6, 6.07) is 8.00. The van der Waals surface area contributed by atoms with E-state index in [0.717, 1.165) is 30.7 Å². The summed E-state index contributed by atoms with van der Waals surface area (Å²) in [7, 11) is 1.63. The lowest BCUT2D eigenvalue weighted by molar-refractivity contribution is 0.184. The SMILES string of the molecule is COCCn1c(C2CCCN2c2ncco2)nc2ccccc2c1=O. The van der Waals surface area contributed by atoms with Crippen LogP contribution in [0.5, 0.6) is 0 Å². The van der Waals surface area contributed by atoms with Crippen LogP contribution < -0.4 is 10.5 Å². The summed E-state index contributed by atoms with van der Waals surface area (Å²) < 4.78 is 12.4. The second kappa shape index (κ2) is 6.68. The van der Waals surface area contributed by atoms with Gasteiger partial charge in [0.1, 0.15) is 12.1 Å². The van der Waals surface area contributed by atoms with E-state index in [1.807, 2.05) is 24.3 Å². The van der Waals surface area contributed by atoms with Crippen LogP contribution in [0.25, 0.3) is 10.9 Å². The zero-order valence-electron chi connectivity index (χ0n) is 14.1. The zero-order chi connectivity index (χ0) is 17.2. The molecule has 3 heterocycles. The first-order valence-corrected chi connectivity index (χ1v) is 8.44. The van der Waals surface area contributed by atoms with Crippen LogP contribution in [0.2, 0.25) is 0 Å². The number of nitrogens with zero attached hydrogens (tertiary/aromatic N) is 4. The Kier molecular flexibility index (Phi) is 4.23. The molecule has 0 spiro atoms. The van der Waals surface area contributed by atoms with Crippen molar-refractivity contribution in [2.24, 2.45) is 0 Å². The maximum absolute atomic E-state index is 13.0. The van der Waals surface area contributed by atoms with Crippen LogP contribution in [0.4, 0.5) is 6.01 Å². The van der Waals surface area contributed by atoms with Gasteiger partial charge in [-0.15, -0.1) is 0 Å². The lowest BCUT2D eigenvalue weighted by Crippen LogP contribution is -2.33. The predicted molar refractivity (Wildman–Crippen MR) is 93.7 cm³/mol. The molecule has 0 aliphatic carbocycles. The average Bonchev–Trinajstić information content (AvgIpc) is 3.32. The van der Waals surface area contributed by atoms with Crippen molar-refractivity contribution in [3.05, 3.63) is 52.9 Å². The number of methoxy groups -OCH3 is 1. The topological polar surface area (TPSA) is 73.4 Å². The Morgan fingerprint density at radius 1 is 1.36 bits per heavy atom. The van der Waals surface area contributed by atoms with Crippen LogP contribution in [-0.4, -0.2) is 34.8 Å². The van der Waals surface area contributed by atoms with Gasteiger partial charge < -0.3 is 14.1 Å². The third-order valence-electron chi connectivity index (χ3n) is 4.63. The first-order chi connectivity index (χ1) is 12.3. The quantitative estimate of drug-likeness (QED) is 0.710. The minimum absolute atomic E-state index is 0.0306. The van der Waals surface area contributed by atoms with Crippen molar-refractivity contribution in [3.63, 3.8) is 0 Å². The largest absolute Gasteiger partial charge is 0.432 e. The van der Waals surface area contributed by atoms with Gasteiger partial charge in [0.15, 0.2) is 0 Å². The van der Waals surface area contributed by atoms with Gasteiger partial charge in [0.05, 0.1) is 36.3 Å². The fourth-order valence-corrected chi connectivity index (χ4v) is 3.46. The summed E-state index contributed by atoms with van der Waals surface area (Å²) >= 11 is 0. The highest BCUT2D eigenvalue weighted by molar-refractivity contribution is 5.77. The van der Waals surface area contributed by atoms with E-state index in [9.17, 15) is 4.79 Å². The molecule has 1 saturated heterocycles. The number of aromatic nitrogens is 3. The summed E-state index contributed by atoms with van der Waals surface area (Å²) in [6.07, 6.45) is 5.10. The van der Waals surface area contributed by atoms with Gasteiger partial charge in [0, 0.05) is 13.7 Å². The van der Waals surface area contributed by atoms with Gasteiger partial charge in [-0.3, -0.25) is 9.36 Å². The highest BCUT2D eigenvalue weighted by Crippen LogP contribution is 2.34. The van der Waals surface area contributed by atoms with Gasteiger partial charge in [-0.25, -0.2) is 9.97 Å². The Bertz CT molecular complexity index is 920. The van der Waals surface area contributed by atoms with E-state index in [4.69, 9.17) is 14.1 Å². The average molecular weight is 340 g/mol. The molecular weight excluding hydrogens is 320 g/mol. The Hall–Kier alpha value is -2.67. The minimum Gasteiger partial charge on any atom is -0.432 e. The molecular formula is C18H20N4O3. The van der Waals surface area contributed by atoms with Gasteiger partial charge in [-0.2, -0.15) is 0 Å². The third-order valence-corrected chi connectivity index (χ3v) is 4.63. The van der Waals surface area contributed by atoms with Gasteiger partial charge in [0.2, 0.25) is 0 Å². The van der Waals surface area contributed by atoms with E-state index in [1.165, 1.54) is 0 Å². The number of oxazole rings is 1. The van der Waals surface area contributed by atoms with Gasteiger partial charge >= 0.3 is 0 Å². The van der Waals surface area contributed by atoms with Crippen molar-refractivity contribution in [2.45, 2.75) is 25.4 Å². The summed E-state index contributed by atoms with van der Waals surface area (Å²) in [5.41, 5.74) is 0.687. The summed E-state index contributed by atoms with van der Waals surface area (Å²) in [5.74, 6) is 0.747. The molecule has 130 valence electrons. The zero-order valence-corrected chi connectivity index (χ0v) is 14.1. The van der Waals surface area contributed by atoms with Gasteiger partial charge in [0.25, 0.3) is 11.6 Å². The second-order valence-corrected chi connectivity index (χ2v) is 6.10. The summed E-state index contributed by atoms with van der Waals surface area (Å²) in [4.78, 5) is 24.2. The van der Waals surface area contributed by atoms with Crippen LogP contribution in [0, 0.1) is 0 Å². The first kappa shape index (κ1) is 15.8. The number of anilines is 1. The van der Waals surface area contributed by atoms with Crippen molar-refractivity contribution in [1.29, 1.82) is 0 Å². The lowest BCUT2D eigenvalue weighted by Gasteiger charge is -2.25. The number of para-hydroxylation sites is 1. The molecule has 0 N–H and O–H groups in total. The molecule has 1 atom stereocenters. The van der Waals surface area contributed by atoms with Gasteiger partial charge in [-0.05, 0) is 25.0 Å². The molecule has 2 aromatic heterocycles. The van der Waals surface area contributed by atoms with E-state index >= 15 is 0 Å². The van der Waals surface area contributed by atoms with Crippen LogP contribution in [0.15, 0.2) is 45.9 Å². The van der Waals surface area contributed by atoms with Crippen molar-refractivity contribution < 1.29 is 9.15 Å². The molecule has 7 nitrogen and oxygen atoms in total. The number of hydrogen-bond donors (Lipinski definition) is 0. The summed E-state index contributed by atoms with van der Waals surface area (Å²) in [5, 5.41) is 0.628. The Morgan fingerprint density at radius 2 is 2.24 bits per heavy atom. The van der Waals surface area contributed by atoms with E-state index in [1.54, 1.807) is 24.1 Å². The normalized spacial score (nSPS) is 17.5. The highest BCUT2D eigenvalue weighted by atomic mass is 16.5. The number of ether oxygens (including phenoxy) is 1. The fraction of sp³-hybridized carbons (Fsp3) is 0.389. The number of benzene rings is 1. The number of hydrogen-bond acceptors (Lipinski definition) is 6. The van der Waals surface area contributed by atoms with E-state index < -0.39 is 0 Å².